The van der Waals surface area contributed by atoms with Gasteiger partial charge in [0.05, 0.1) is 19.5 Å². The summed E-state index contributed by atoms with van der Waals surface area (Å²) in [6, 6.07) is 6.42. The minimum Gasteiger partial charge on any atom is -0.508 e. The van der Waals surface area contributed by atoms with Crippen LogP contribution in [-0.4, -0.2) is 142 Å². The highest BCUT2D eigenvalue weighted by Crippen LogP contribution is 2.24. The Morgan fingerprint density at radius 1 is 0.753 bits per heavy atom. The van der Waals surface area contributed by atoms with Crippen molar-refractivity contribution in [3.63, 3.8) is 0 Å². The van der Waals surface area contributed by atoms with E-state index in [0.29, 0.717) is 12.0 Å². The summed E-state index contributed by atoms with van der Waals surface area (Å²) in [5, 5.41) is 27.9. The molecule has 1 saturated heterocycles. The molecule has 400 valence electrons. The predicted molar refractivity (Wildman–Crippen MR) is 273 cm³/mol. The van der Waals surface area contributed by atoms with Crippen molar-refractivity contribution in [2.24, 2.45) is 29.0 Å². The summed E-state index contributed by atoms with van der Waals surface area (Å²) in [5.41, 5.74) is 17.5. The smallest absolute Gasteiger partial charge is 0.246 e. The number of carbonyl (C=O) groups excluding carboxylic acids is 11. The quantitative estimate of drug-likeness (QED) is 0.0637. The number of hydrogen-bond donors (Lipinski definition) is 11. The molecule has 0 aromatic heterocycles. The van der Waals surface area contributed by atoms with Gasteiger partial charge < -0.3 is 64.4 Å². The van der Waals surface area contributed by atoms with Crippen molar-refractivity contribution in [2.45, 2.75) is 115 Å². The zero-order valence-corrected chi connectivity index (χ0v) is 43.1. The lowest BCUT2D eigenvalue weighted by Gasteiger charge is -2.30. The molecule has 25 heteroatoms. The van der Waals surface area contributed by atoms with Crippen LogP contribution in [0.5, 0.6) is 5.75 Å². The number of hydrogen-bond acceptors (Lipinski definition) is 14. The number of nitrogens with two attached hydrogens (primary N) is 3. The van der Waals surface area contributed by atoms with Crippen molar-refractivity contribution in [3.05, 3.63) is 65.7 Å². The fraction of sp³-hybridized carbons (Fsp3) is 0.521. The van der Waals surface area contributed by atoms with Gasteiger partial charge in [-0.25, -0.2) is 0 Å². The summed E-state index contributed by atoms with van der Waals surface area (Å²) in [7, 11) is 2.21. The number of phenols is 1. The standard InChI is InChI=1S/C48H69N11O12S2/c1-5-28(4)42-47(70)55-32(15-16-37(49)61)44(67)56-35(23-38(50)62)45(68)57-36(26-73-72-20-18-40(64)53-34(46(69)58-42)22-30-11-13-31(60)14-12-30)48(71)59(19-17-29-9-7-6-8-10-29)25-41(65)54-33(21-27(2)3)43(66)52-24-39(51)63/h6-14,27-28,32-36,42,60H,5,15-26H2,1-4H3,(H2,49,61)(H2,50,62)(H2,51,63)(H,52,66)(H,53,64)(H,54,65)(H,55,70)(H,56,67)(H,57,68)(H,58,69)/t28-,32-,33-,34-,35-,36-,42-/m0/s1. The fourth-order valence-electron chi connectivity index (χ4n) is 7.37. The molecule has 0 saturated carbocycles. The van der Waals surface area contributed by atoms with Crippen LogP contribution >= 0.6 is 21.6 Å². The van der Waals surface area contributed by atoms with Gasteiger partial charge in [0.1, 0.15) is 42.0 Å². The zero-order valence-electron chi connectivity index (χ0n) is 41.4. The van der Waals surface area contributed by atoms with Gasteiger partial charge in [-0.3, -0.25) is 52.7 Å². The van der Waals surface area contributed by atoms with E-state index in [1.165, 1.54) is 17.0 Å². The van der Waals surface area contributed by atoms with Crippen LogP contribution in [0.4, 0.5) is 0 Å². The van der Waals surface area contributed by atoms with Crippen LogP contribution in [0.25, 0.3) is 0 Å². The highest BCUT2D eigenvalue weighted by molar-refractivity contribution is 8.76. The summed E-state index contributed by atoms with van der Waals surface area (Å²) in [5.74, 6) is -9.99. The van der Waals surface area contributed by atoms with Crippen LogP contribution in [-0.2, 0) is 65.6 Å². The number of primary amides is 3. The van der Waals surface area contributed by atoms with E-state index >= 15 is 0 Å². The minimum atomic E-state index is -1.76. The van der Waals surface area contributed by atoms with E-state index < -0.39 is 139 Å². The Morgan fingerprint density at radius 2 is 1.40 bits per heavy atom. The molecule has 3 rings (SSSR count). The third kappa shape index (κ3) is 22.2. The first-order valence-corrected chi connectivity index (χ1v) is 26.3. The normalized spacial score (nSPS) is 20.3. The zero-order chi connectivity index (χ0) is 54.2. The lowest BCUT2D eigenvalue weighted by molar-refractivity contribution is -0.140. The van der Waals surface area contributed by atoms with E-state index in [0.717, 1.165) is 27.2 Å². The van der Waals surface area contributed by atoms with Gasteiger partial charge in [0.15, 0.2) is 0 Å². The van der Waals surface area contributed by atoms with Crippen molar-refractivity contribution in [1.29, 1.82) is 0 Å². The van der Waals surface area contributed by atoms with Gasteiger partial charge in [0, 0.05) is 37.3 Å². The van der Waals surface area contributed by atoms with E-state index in [4.69, 9.17) is 17.2 Å². The largest absolute Gasteiger partial charge is 0.508 e. The summed E-state index contributed by atoms with van der Waals surface area (Å²) < 4.78 is 0. The highest BCUT2D eigenvalue weighted by atomic mass is 33.1. The topological polar surface area (TPSA) is 374 Å². The third-order valence-corrected chi connectivity index (χ3v) is 13.9. The summed E-state index contributed by atoms with van der Waals surface area (Å²) in [6.07, 6.45) is -1.07. The lowest BCUT2D eigenvalue weighted by Crippen LogP contribution is -2.61. The van der Waals surface area contributed by atoms with E-state index in [-0.39, 0.29) is 55.4 Å². The second-order valence-electron chi connectivity index (χ2n) is 18.0. The number of phenolic OH excluding ortho intramolecular Hbond substituents is 1. The number of benzene rings is 2. The van der Waals surface area contributed by atoms with Crippen LogP contribution in [0.15, 0.2) is 54.6 Å². The molecule has 2 aromatic carbocycles. The second-order valence-corrected chi connectivity index (χ2v) is 20.6. The number of aromatic hydroxyl groups is 1. The summed E-state index contributed by atoms with van der Waals surface area (Å²) in [4.78, 5) is 149. The van der Waals surface area contributed by atoms with Crippen molar-refractivity contribution >= 4 is 86.6 Å². The SMILES string of the molecule is CC[C@H](C)[C@@H]1NC(=O)[C@H](Cc2ccc(O)cc2)NC(=O)CCSSC[C@@H](C(=O)N(CCc2ccccc2)CC(=O)N[C@@H](CC(C)C)C(=O)NCC(N)=O)NC(=O)[C@H](CC(N)=O)NC(=O)[C@H](CCC(N)=O)NC1=O. The number of nitrogens with zero attached hydrogens (tertiary/aromatic N) is 1. The van der Waals surface area contributed by atoms with E-state index in [2.05, 4.69) is 37.2 Å². The van der Waals surface area contributed by atoms with Crippen molar-refractivity contribution in [1.82, 2.24) is 42.1 Å². The first-order valence-electron chi connectivity index (χ1n) is 23.8. The molecule has 0 radical (unpaired) electrons. The van der Waals surface area contributed by atoms with Crippen LogP contribution in [0, 0.1) is 11.8 Å². The van der Waals surface area contributed by atoms with Gasteiger partial charge in [-0.15, -0.1) is 0 Å². The maximum absolute atomic E-state index is 14.8. The van der Waals surface area contributed by atoms with E-state index in [1.807, 2.05) is 13.8 Å². The van der Waals surface area contributed by atoms with Crippen molar-refractivity contribution in [3.8, 4) is 5.75 Å². The van der Waals surface area contributed by atoms with Crippen LogP contribution in [0.2, 0.25) is 0 Å². The molecule has 7 atom stereocenters. The average Bonchev–Trinajstić information content (AvgIpc) is 3.33. The van der Waals surface area contributed by atoms with Gasteiger partial charge in [0.25, 0.3) is 0 Å². The molecule has 0 bridgehead atoms. The summed E-state index contributed by atoms with van der Waals surface area (Å²) in [6.45, 7) is 5.87. The number of carbonyl (C=O) groups is 11. The summed E-state index contributed by atoms with van der Waals surface area (Å²) >= 11 is 0. The Kier molecular flexibility index (Phi) is 25.5. The lowest BCUT2D eigenvalue weighted by atomic mass is 9.96. The Hall–Kier alpha value is -6.89. The molecule has 1 aliphatic rings. The Balaban J connectivity index is 2.09. The first-order chi connectivity index (χ1) is 34.6. The molecular weight excluding hydrogens is 987 g/mol. The van der Waals surface area contributed by atoms with E-state index in [1.54, 1.807) is 56.3 Å². The molecule has 11 amide bonds. The molecule has 0 aliphatic carbocycles. The van der Waals surface area contributed by atoms with Crippen LogP contribution < -0.4 is 54.4 Å². The highest BCUT2D eigenvalue weighted by Gasteiger charge is 2.36. The molecule has 73 heavy (non-hydrogen) atoms. The number of rotatable bonds is 21. The molecule has 14 N–H and O–H groups in total. The molecule has 1 aliphatic heterocycles. The van der Waals surface area contributed by atoms with Gasteiger partial charge in [-0.2, -0.15) is 0 Å². The number of nitrogens with one attached hydrogen (secondary N) is 7. The maximum atomic E-state index is 14.8. The van der Waals surface area contributed by atoms with Gasteiger partial charge in [-0.1, -0.05) is 98.2 Å². The van der Waals surface area contributed by atoms with Gasteiger partial charge in [0.2, 0.25) is 65.0 Å². The molecule has 2 aromatic rings. The molecule has 1 heterocycles. The van der Waals surface area contributed by atoms with Crippen LogP contribution in [0.1, 0.15) is 77.3 Å². The molecule has 1 fully saturated rings. The van der Waals surface area contributed by atoms with Gasteiger partial charge >= 0.3 is 0 Å². The monoisotopic (exact) mass is 1060 g/mol. The Labute approximate surface area is 431 Å². The van der Waals surface area contributed by atoms with Gasteiger partial charge in [-0.05, 0) is 54.4 Å². The second kappa shape index (κ2) is 30.9. The van der Waals surface area contributed by atoms with Crippen molar-refractivity contribution < 1.29 is 57.8 Å². The Bertz CT molecular complexity index is 2260. The average molecular weight is 1060 g/mol. The van der Waals surface area contributed by atoms with Crippen LogP contribution in [0.3, 0.4) is 0 Å². The molecular formula is C48H69N11O12S2. The molecule has 0 unspecified atom stereocenters. The third-order valence-electron chi connectivity index (χ3n) is 11.5. The minimum absolute atomic E-state index is 0.0304. The molecule has 23 nitrogen and oxygen atoms in total. The molecule has 0 spiro atoms. The maximum Gasteiger partial charge on any atom is 0.246 e. The predicted octanol–water partition coefficient (Wildman–Crippen LogP) is -1.47. The number of amides is 11. The Morgan fingerprint density at radius 3 is 2.01 bits per heavy atom. The fourth-order valence-corrected chi connectivity index (χ4v) is 9.51. The first kappa shape index (κ1) is 60.4. The van der Waals surface area contributed by atoms with E-state index in [9.17, 15) is 57.8 Å². The van der Waals surface area contributed by atoms with Crippen molar-refractivity contribution in [2.75, 3.05) is 31.1 Å².